The highest BCUT2D eigenvalue weighted by Crippen LogP contribution is 2.41. The molecule has 2 fully saturated rings. The van der Waals surface area contributed by atoms with E-state index in [9.17, 15) is 8.42 Å². The molecule has 8 nitrogen and oxygen atoms in total. The largest absolute Gasteiger partial charge is 0.493 e. The van der Waals surface area contributed by atoms with Gasteiger partial charge >= 0.3 is 0 Å². The third-order valence-electron chi connectivity index (χ3n) is 5.70. The Kier molecular flexibility index (Phi) is 7.05. The van der Waals surface area contributed by atoms with Crippen molar-refractivity contribution < 1.29 is 22.6 Å². The average Bonchev–Trinajstić information content (AvgIpc) is 3.32. The number of hydrogen-bond acceptors (Lipinski definition) is 8. The van der Waals surface area contributed by atoms with Crippen molar-refractivity contribution in [3.8, 4) is 17.2 Å². The van der Waals surface area contributed by atoms with Crippen LogP contribution in [0, 0.1) is 5.92 Å². The highest BCUT2D eigenvalue weighted by Gasteiger charge is 2.36. The zero-order chi connectivity index (χ0) is 21.0. The fourth-order valence-corrected chi connectivity index (χ4v) is 6.01. The van der Waals surface area contributed by atoms with Crippen molar-refractivity contribution >= 4 is 9.84 Å². The Bertz CT molecular complexity index is 804. The molecule has 2 heterocycles. The van der Waals surface area contributed by atoms with Crippen LogP contribution in [0.2, 0.25) is 0 Å². The van der Waals surface area contributed by atoms with Gasteiger partial charge in [-0.15, -0.1) is 6.58 Å². The monoisotopic (exact) mass is 425 g/mol. The van der Waals surface area contributed by atoms with Crippen LogP contribution in [0.1, 0.15) is 18.0 Å². The Morgan fingerprint density at radius 1 is 1.21 bits per heavy atom. The number of methoxy groups -OCH3 is 3. The van der Waals surface area contributed by atoms with Crippen molar-refractivity contribution in [2.45, 2.75) is 18.5 Å². The molecule has 2 aliphatic heterocycles. The summed E-state index contributed by atoms with van der Waals surface area (Å²) in [6.45, 7) is 6.05. The highest BCUT2D eigenvalue weighted by atomic mass is 32.2. The molecule has 2 N–H and O–H groups in total. The molecule has 1 aromatic rings. The first kappa shape index (κ1) is 21.9. The molecule has 0 saturated carbocycles. The molecular formula is C20H31N3O5S. The maximum Gasteiger partial charge on any atom is 0.203 e. The van der Waals surface area contributed by atoms with Gasteiger partial charge in [0.25, 0.3) is 0 Å². The summed E-state index contributed by atoms with van der Waals surface area (Å²) in [7, 11) is 1.85. The number of nitrogens with zero attached hydrogens (tertiary/aromatic N) is 1. The smallest absolute Gasteiger partial charge is 0.203 e. The van der Waals surface area contributed by atoms with Gasteiger partial charge in [0.1, 0.15) is 0 Å². The lowest BCUT2D eigenvalue weighted by atomic mass is 9.93. The third kappa shape index (κ3) is 4.85. The van der Waals surface area contributed by atoms with Crippen LogP contribution in [-0.2, 0) is 9.84 Å². The van der Waals surface area contributed by atoms with E-state index in [-0.39, 0.29) is 29.5 Å². The lowest BCUT2D eigenvalue weighted by Gasteiger charge is -2.31. The predicted octanol–water partition coefficient (Wildman–Crippen LogP) is 1.15. The van der Waals surface area contributed by atoms with Crippen molar-refractivity contribution in [1.82, 2.24) is 15.8 Å². The molecule has 0 aliphatic carbocycles. The topological polar surface area (TPSA) is 89.1 Å². The molecule has 3 rings (SSSR count). The van der Waals surface area contributed by atoms with Gasteiger partial charge in [0.15, 0.2) is 21.3 Å². The van der Waals surface area contributed by atoms with Gasteiger partial charge in [-0.2, -0.15) is 0 Å². The van der Waals surface area contributed by atoms with Gasteiger partial charge in [-0.3, -0.25) is 10.3 Å². The summed E-state index contributed by atoms with van der Waals surface area (Å²) in [5, 5.41) is 0. The van der Waals surface area contributed by atoms with Gasteiger partial charge in [0.2, 0.25) is 5.75 Å². The van der Waals surface area contributed by atoms with Crippen LogP contribution in [-0.4, -0.2) is 71.8 Å². The second-order valence-corrected chi connectivity index (χ2v) is 9.75. The van der Waals surface area contributed by atoms with E-state index in [1.165, 1.54) is 0 Å². The summed E-state index contributed by atoms with van der Waals surface area (Å²) in [6.07, 6.45) is 2.52. The Morgan fingerprint density at radius 2 is 1.90 bits per heavy atom. The van der Waals surface area contributed by atoms with Crippen LogP contribution < -0.4 is 25.1 Å². The van der Waals surface area contributed by atoms with Gasteiger partial charge in [-0.1, -0.05) is 6.08 Å². The number of benzene rings is 1. The van der Waals surface area contributed by atoms with Crippen molar-refractivity contribution in [3.63, 3.8) is 0 Å². The summed E-state index contributed by atoms with van der Waals surface area (Å²) >= 11 is 0. The molecule has 2 aliphatic rings. The third-order valence-corrected chi connectivity index (χ3v) is 7.45. The van der Waals surface area contributed by atoms with E-state index in [1.807, 2.05) is 18.2 Å². The number of hydrazine groups is 1. The van der Waals surface area contributed by atoms with E-state index in [2.05, 4.69) is 22.3 Å². The zero-order valence-electron chi connectivity index (χ0n) is 17.3. The molecule has 0 spiro atoms. The maximum absolute atomic E-state index is 12.0. The highest BCUT2D eigenvalue weighted by molar-refractivity contribution is 7.91. The molecule has 1 aromatic carbocycles. The van der Waals surface area contributed by atoms with Crippen molar-refractivity contribution in [1.29, 1.82) is 0 Å². The summed E-state index contributed by atoms with van der Waals surface area (Å²) < 4.78 is 40.3. The van der Waals surface area contributed by atoms with Crippen LogP contribution in [0.15, 0.2) is 24.8 Å². The van der Waals surface area contributed by atoms with E-state index in [4.69, 9.17) is 14.2 Å². The van der Waals surface area contributed by atoms with Gasteiger partial charge in [-0.05, 0) is 24.1 Å². The quantitative estimate of drug-likeness (QED) is 0.570. The van der Waals surface area contributed by atoms with E-state index in [0.717, 1.165) is 18.7 Å². The molecule has 29 heavy (non-hydrogen) atoms. The van der Waals surface area contributed by atoms with Crippen molar-refractivity contribution in [3.05, 3.63) is 30.4 Å². The van der Waals surface area contributed by atoms with Crippen LogP contribution in [0.25, 0.3) is 0 Å². The summed E-state index contributed by atoms with van der Waals surface area (Å²) in [6, 6.07) is 3.97. The molecule has 0 aromatic heterocycles. The van der Waals surface area contributed by atoms with Crippen molar-refractivity contribution in [2.24, 2.45) is 5.92 Å². The first-order valence-electron chi connectivity index (χ1n) is 9.76. The Hall–Kier alpha value is -1.81. The second kappa shape index (κ2) is 9.34. The van der Waals surface area contributed by atoms with Crippen LogP contribution in [0.5, 0.6) is 17.2 Å². The van der Waals surface area contributed by atoms with Gasteiger partial charge in [-0.25, -0.2) is 13.8 Å². The molecular weight excluding hydrogens is 394 g/mol. The molecule has 0 radical (unpaired) electrons. The number of sulfone groups is 1. The van der Waals surface area contributed by atoms with Crippen LogP contribution >= 0.6 is 0 Å². The number of nitrogens with one attached hydrogen (secondary N) is 2. The minimum absolute atomic E-state index is 0.0223. The molecule has 9 heteroatoms. The second-order valence-electron chi connectivity index (χ2n) is 7.52. The lowest BCUT2D eigenvalue weighted by molar-refractivity contribution is 0.195. The molecule has 3 atom stereocenters. The number of hydrogen-bond donors (Lipinski definition) is 2. The van der Waals surface area contributed by atoms with Gasteiger partial charge < -0.3 is 14.2 Å². The Balaban J connectivity index is 1.83. The maximum atomic E-state index is 12.0. The summed E-state index contributed by atoms with van der Waals surface area (Å²) in [5.41, 5.74) is 7.61. The standard InChI is InChI=1S/C20H31N3O5S/c1-5-7-23(16-6-8-29(24,25)13-16)12-15-11-21-22-19(15)14-9-17(26-2)20(28-4)18(10-14)27-3/h5,9-10,15-16,19,21-22H,1,6-8,11-13H2,2-4H3. The van der Waals surface area contributed by atoms with E-state index >= 15 is 0 Å². The zero-order valence-corrected chi connectivity index (χ0v) is 18.1. The van der Waals surface area contributed by atoms with Gasteiger partial charge in [0, 0.05) is 31.6 Å². The van der Waals surface area contributed by atoms with Crippen LogP contribution in [0.3, 0.4) is 0 Å². The number of rotatable bonds is 9. The SMILES string of the molecule is C=CCN(CC1CNNC1c1cc(OC)c(OC)c(OC)c1)C1CCS(=O)(=O)C1. The van der Waals surface area contributed by atoms with E-state index in [1.54, 1.807) is 21.3 Å². The first-order chi connectivity index (χ1) is 13.9. The Labute approximate surface area is 173 Å². The summed E-state index contributed by atoms with van der Waals surface area (Å²) in [4.78, 5) is 2.24. The fourth-order valence-electron chi connectivity index (χ4n) is 4.25. The molecule has 2 saturated heterocycles. The minimum Gasteiger partial charge on any atom is -0.493 e. The lowest BCUT2D eigenvalue weighted by Crippen LogP contribution is -2.41. The van der Waals surface area contributed by atoms with E-state index < -0.39 is 9.84 Å². The predicted molar refractivity (Wildman–Crippen MR) is 112 cm³/mol. The first-order valence-corrected chi connectivity index (χ1v) is 11.6. The van der Waals surface area contributed by atoms with Gasteiger partial charge in [0.05, 0.1) is 38.9 Å². The fraction of sp³-hybridized carbons (Fsp3) is 0.600. The van der Waals surface area contributed by atoms with Crippen molar-refractivity contribution in [2.75, 3.05) is 52.5 Å². The summed E-state index contributed by atoms with van der Waals surface area (Å²) in [5.74, 6) is 2.51. The van der Waals surface area contributed by atoms with Crippen LogP contribution in [0.4, 0.5) is 0 Å². The molecule has 0 amide bonds. The van der Waals surface area contributed by atoms with E-state index in [0.29, 0.717) is 30.2 Å². The molecule has 0 bridgehead atoms. The number of ether oxygens (including phenoxy) is 3. The molecule has 162 valence electrons. The molecule has 3 unspecified atom stereocenters. The average molecular weight is 426 g/mol. The minimum atomic E-state index is -2.94. The normalized spacial score (nSPS) is 25.9. The Morgan fingerprint density at radius 3 is 2.41 bits per heavy atom.